The first-order chi connectivity index (χ1) is 16.0. The summed E-state index contributed by atoms with van der Waals surface area (Å²) in [5, 5.41) is 4.27. The topological polar surface area (TPSA) is 68.5 Å². The van der Waals surface area contributed by atoms with Crippen LogP contribution in [-0.4, -0.2) is 53.1 Å². The molecule has 0 N–H and O–H groups in total. The summed E-state index contributed by atoms with van der Waals surface area (Å²) >= 11 is 0. The second kappa shape index (κ2) is 8.27. The van der Waals surface area contributed by atoms with Crippen molar-refractivity contribution < 1.29 is 9.47 Å². The van der Waals surface area contributed by atoms with Gasteiger partial charge < -0.3 is 19.3 Å². The second-order valence-corrected chi connectivity index (χ2v) is 8.50. The Morgan fingerprint density at radius 2 is 1.61 bits per heavy atom. The maximum absolute atomic E-state index is 5.53. The largest absolute Gasteiger partial charge is 0.497 e. The standard InChI is InChI=1S/C25H28N6O2/c1-16(2)30-6-7-31(18-8-19(32-4)10-20(9-18)33-5)25-12-22-21(11-24(25)30)26-14-23(28-22)17-13-27-29(3)15-17/h8-16H,6-7H2,1-5H3. The first-order valence-electron chi connectivity index (χ1n) is 11.0. The van der Waals surface area contributed by atoms with Crippen LogP contribution < -0.4 is 19.3 Å². The van der Waals surface area contributed by atoms with Crippen molar-refractivity contribution in [3.63, 3.8) is 0 Å². The first kappa shape index (κ1) is 21.1. The summed E-state index contributed by atoms with van der Waals surface area (Å²) in [7, 11) is 5.24. The third kappa shape index (κ3) is 3.82. The Morgan fingerprint density at radius 3 is 2.24 bits per heavy atom. The molecule has 0 unspecified atom stereocenters. The lowest BCUT2D eigenvalue weighted by Gasteiger charge is -2.41. The van der Waals surface area contributed by atoms with Gasteiger partial charge in [-0.2, -0.15) is 5.10 Å². The van der Waals surface area contributed by atoms with Gasteiger partial charge in [-0.05, 0) is 26.0 Å². The summed E-state index contributed by atoms with van der Waals surface area (Å²) in [6.45, 7) is 6.17. The average molecular weight is 445 g/mol. The molecule has 0 radical (unpaired) electrons. The molecule has 1 aliphatic heterocycles. The zero-order valence-electron chi connectivity index (χ0n) is 19.6. The smallest absolute Gasteiger partial charge is 0.124 e. The molecule has 0 spiro atoms. The minimum Gasteiger partial charge on any atom is -0.497 e. The van der Waals surface area contributed by atoms with Gasteiger partial charge in [0.05, 0.1) is 54.7 Å². The summed E-state index contributed by atoms with van der Waals surface area (Å²) in [5.41, 5.74) is 6.73. The van der Waals surface area contributed by atoms with Gasteiger partial charge in [0.1, 0.15) is 11.5 Å². The predicted molar refractivity (Wildman–Crippen MR) is 131 cm³/mol. The van der Waals surface area contributed by atoms with E-state index in [1.807, 2.05) is 43.8 Å². The van der Waals surface area contributed by atoms with Crippen molar-refractivity contribution in [2.24, 2.45) is 7.05 Å². The van der Waals surface area contributed by atoms with Gasteiger partial charge in [0, 0.05) is 61.8 Å². The van der Waals surface area contributed by atoms with Crippen LogP contribution in [0, 0.1) is 0 Å². The van der Waals surface area contributed by atoms with E-state index in [0.29, 0.717) is 6.04 Å². The number of benzene rings is 2. The average Bonchev–Trinajstić information content (AvgIpc) is 3.27. The van der Waals surface area contributed by atoms with Crippen molar-refractivity contribution in [3.05, 3.63) is 48.9 Å². The molecule has 33 heavy (non-hydrogen) atoms. The Morgan fingerprint density at radius 1 is 0.879 bits per heavy atom. The molecule has 0 saturated heterocycles. The molecule has 2 aromatic heterocycles. The third-order valence-electron chi connectivity index (χ3n) is 6.08. The van der Waals surface area contributed by atoms with Crippen molar-refractivity contribution in [2.45, 2.75) is 19.9 Å². The normalized spacial score (nSPS) is 13.5. The molecule has 1 aliphatic rings. The number of fused-ring (bicyclic) bond motifs is 2. The lowest BCUT2D eigenvalue weighted by atomic mass is 10.1. The van der Waals surface area contributed by atoms with Crippen molar-refractivity contribution >= 4 is 28.1 Å². The molecular formula is C25H28N6O2. The molecule has 4 aromatic rings. The van der Waals surface area contributed by atoms with E-state index >= 15 is 0 Å². The van der Waals surface area contributed by atoms with Crippen LogP contribution in [0.2, 0.25) is 0 Å². The van der Waals surface area contributed by atoms with Gasteiger partial charge in [-0.3, -0.25) is 9.67 Å². The van der Waals surface area contributed by atoms with E-state index in [9.17, 15) is 0 Å². The highest BCUT2D eigenvalue weighted by Gasteiger charge is 2.27. The zero-order valence-corrected chi connectivity index (χ0v) is 19.6. The van der Waals surface area contributed by atoms with Crippen LogP contribution in [0.1, 0.15) is 13.8 Å². The summed E-state index contributed by atoms with van der Waals surface area (Å²) < 4.78 is 12.8. The molecule has 0 aliphatic carbocycles. The number of nitrogens with zero attached hydrogens (tertiary/aromatic N) is 6. The van der Waals surface area contributed by atoms with E-state index in [0.717, 1.165) is 63.9 Å². The maximum atomic E-state index is 5.53. The highest BCUT2D eigenvalue weighted by Crippen LogP contribution is 2.42. The van der Waals surface area contributed by atoms with E-state index in [-0.39, 0.29) is 0 Å². The minimum atomic E-state index is 0.367. The number of anilines is 3. The van der Waals surface area contributed by atoms with Crippen LogP contribution in [-0.2, 0) is 7.05 Å². The highest BCUT2D eigenvalue weighted by molar-refractivity contribution is 5.92. The monoisotopic (exact) mass is 444 g/mol. The van der Waals surface area contributed by atoms with E-state index in [2.05, 4.69) is 40.9 Å². The fourth-order valence-electron chi connectivity index (χ4n) is 4.38. The molecule has 5 rings (SSSR count). The first-order valence-corrected chi connectivity index (χ1v) is 11.0. The Bertz CT molecular complexity index is 1290. The minimum absolute atomic E-state index is 0.367. The van der Waals surface area contributed by atoms with Gasteiger partial charge in [-0.1, -0.05) is 0 Å². The predicted octanol–water partition coefficient (Wildman–Crippen LogP) is 4.41. The van der Waals surface area contributed by atoms with Crippen molar-refractivity contribution in [1.29, 1.82) is 0 Å². The van der Waals surface area contributed by atoms with Gasteiger partial charge in [0.25, 0.3) is 0 Å². The summed E-state index contributed by atoms with van der Waals surface area (Å²) in [6, 6.07) is 10.6. The summed E-state index contributed by atoms with van der Waals surface area (Å²) in [4.78, 5) is 14.4. The van der Waals surface area contributed by atoms with E-state index in [1.54, 1.807) is 18.9 Å². The Labute approximate surface area is 193 Å². The lowest BCUT2D eigenvalue weighted by molar-refractivity contribution is 0.394. The second-order valence-electron chi connectivity index (χ2n) is 8.50. The molecule has 0 amide bonds. The van der Waals surface area contributed by atoms with E-state index in [1.165, 1.54) is 0 Å². The number of methoxy groups -OCH3 is 2. The van der Waals surface area contributed by atoms with Crippen molar-refractivity contribution in [2.75, 3.05) is 37.1 Å². The molecule has 0 saturated carbocycles. The highest BCUT2D eigenvalue weighted by atomic mass is 16.5. The molecular weight excluding hydrogens is 416 g/mol. The Hall–Kier alpha value is -3.81. The fraction of sp³-hybridized carbons (Fsp3) is 0.320. The van der Waals surface area contributed by atoms with Crippen LogP contribution in [0.5, 0.6) is 11.5 Å². The number of aromatic nitrogens is 4. The SMILES string of the molecule is COc1cc(OC)cc(N2CCN(C(C)C)c3cc4ncc(-c5cnn(C)c5)nc4cc32)c1. The van der Waals surface area contributed by atoms with Crippen LogP contribution in [0.15, 0.2) is 48.9 Å². The molecule has 0 fully saturated rings. The molecule has 3 heterocycles. The lowest BCUT2D eigenvalue weighted by Crippen LogP contribution is -2.42. The zero-order chi connectivity index (χ0) is 23.1. The van der Waals surface area contributed by atoms with Gasteiger partial charge in [-0.25, -0.2) is 4.98 Å². The van der Waals surface area contributed by atoms with Crippen LogP contribution in [0.4, 0.5) is 17.1 Å². The van der Waals surface area contributed by atoms with E-state index < -0.39 is 0 Å². The van der Waals surface area contributed by atoms with Crippen LogP contribution in [0.3, 0.4) is 0 Å². The third-order valence-corrected chi connectivity index (χ3v) is 6.08. The fourth-order valence-corrected chi connectivity index (χ4v) is 4.38. The molecule has 0 atom stereocenters. The van der Waals surface area contributed by atoms with Crippen molar-refractivity contribution in [3.8, 4) is 22.8 Å². The van der Waals surface area contributed by atoms with Crippen LogP contribution >= 0.6 is 0 Å². The molecule has 8 nitrogen and oxygen atoms in total. The summed E-state index contributed by atoms with van der Waals surface area (Å²) in [5.74, 6) is 1.52. The Kier molecular flexibility index (Phi) is 5.28. The molecule has 8 heteroatoms. The number of hydrogen-bond donors (Lipinski definition) is 0. The maximum Gasteiger partial charge on any atom is 0.124 e. The number of aryl methyl sites for hydroxylation is 1. The van der Waals surface area contributed by atoms with Gasteiger partial charge in [-0.15, -0.1) is 0 Å². The Balaban J connectivity index is 1.67. The van der Waals surface area contributed by atoms with Gasteiger partial charge in [0.15, 0.2) is 0 Å². The van der Waals surface area contributed by atoms with Crippen LogP contribution in [0.25, 0.3) is 22.3 Å². The van der Waals surface area contributed by atoms with E-state index in [4.69, 9.17) is 19.4 Å². The molecule has 0 bridgehead atoms. The molecule has 2 aromatic carbocycles. The number of hydrogen-bond acceptors (Lipinski definition) is 7. The van der Waals surface area contributed by atoms with Gasteiger partial charge >= 0.3 is 0 Å². The number of ether oxygens (including phenoxy) is 2. The van der Waals surface area contributed by atoms with Gasteiger partial charge in [0.2, 0.25) is 0 Å². The quantitative estimate of drug-likeness (QED) is 0.451. The number of rotatable bonds is 5. The molecule has 170 valence electrons. The summed E-state index contributed by atoms with van der Waals surface area (Å²) in [6.07, 6.45) is 5.58. The van der Waals surface area contributed by atoms with Crippen molar-refractivity contribution in [1.82, 2.24) is 19.7 Å².